The van der Waals surface area contributed by atoms with Crippen molar-refractivity contribution in [2.45, 2.75) is 43.9 Å². The van der Waals surface area contributed by atoms with Crippen molar-refractivity contribution in [2.75, 3.05) is 13.2 Å². The number of halogens is 5. The summed E-state index contributed by atoms with van der Waals surface area (Å²) in [6.07, 6.45) is -2.54. The summed E-state index contributed by atoms with van der Waals surface area (Å²) >= 11 is 3.47. The van der Waals surface area contributed by atoms with Crippen molar-refractivity contribution in [3.8, 4) is 0 Å². The molecule has 2 heterocycles. The van der Waals surface area contributed by atoms with Crippen LogP contribution in [0.1, 0.15) is 29.5 Å². The van der Waals surface area contributed by atoms with Crippen LogP contribution in [0.25, 0.3) is 0 Å². The molecule has 6 nitrogen and oxygen atoms in total. The molecular weight excluding hydrogens is 520 g/mol. The van der Waals surface area contributed by atoms with Crippen LogP contribution < -0.4 is 10.9 Å². The van der Waals surface area contributed by atoms with Gasteiger partial charge in [-0.05, 0) is 55.0 Å². The van der Waals surface area contributed by atoms with E-state index in [0.29, 0.717) is 19.0 Å². The fourth-order valence-electron chi connectivity index (χ4n) is 3.71. The van der Waals surface area contributed by atoms with E-state index >= 15 is 0 Å². The fourth-order valence-corrected chi connectivity index (χ4v) is 4.16. The van der Waals surface area contributed by atoms with Crippen molar-refractivity contribution in [1.82, 2.24) is 10.9 Å². The molecule has 182 valence electrons. The van der Waals surface area contributed by atoms with Gasteiger partial charge in [-0.1, -0.05) is 40.2 Å². The van der Waals surface area contributed by atoms with E-state index in [1.54, 1.807) is 0 Å². The van der Waals surface area contributed by atoms with E-state index in [0.717, 1.165) is 23.4 Å². The van der Waals surface area contributed by atoms with Gasteiger partial charge in [-0.25, -0.2) is 25.2 Å². The van der Waals surface area contributed by atoms with Crippen molar-refractivity contribution in [3.63, 3.8) is 0 Å². The molecule has 0 fully saturated rings. The second-order valence-electron chi connectivity index (χ2n) is 8.03. The molecule has 2 unspecified atom stereocenters. The number of aliphatic imine (C=N–C) groups is 2. The number of rotatable bonds is 6. The molecular formula is C23H23BrF4N4O2. The van der Waals surface area contributed by atoms with Crippen LogP contribution in [-0.2, 0) is 28.5 Å². The Morgan fingerprint density at radius 3 is 2.15 bits per heavy atom. The summed E-state index contributed by atoms with van der Waals surface area (Å²) in [4.78, 5) is 8.81. The first kappa shape index (κ1) is 24.3. The first-order valence-corrected chi connectivity index (χ1v) is 11.6. The van der Waals surface area contributed by atoms with Crippen molar-refractivity contribution < 1.29 is 27.0 Å². The molecule has 2 aromatic carbocycles. The average Bonchev–Trinajstić information content (AvgIpc) is 3.44. The summed E-state index contributed by atoms with van der Waals surface area (Å²) < 4.78 is 64.8. The van der Waals surface area contributed by atoms with E-state index in [1.165, 1.54) is 17.7 Å². The van der Waals surface area contributed by atoms with E-state index in [1.807, 2.05) is 12.1 Å². The van der Waals surface area contributed by atoms with E-state index < -0.39 is 17.6 Å². The maximum absolute atomic E-state index is 14.2. The van der Waals surface area contributed by atoms with Crippen molar-refractivity contribution in [1.29, 1.82) is 0 Å². The number of amidine groups is 2. The molecule has 2 aliphatic rings. The normalized spacial score (nSPS) is 19.8. The lowest BCUT2D eigenvalue weighted by atomic mass is 10.0. The minimum atomic E-state index is -4.72. The zero-order valence-corrected chi connectivity index (χ0v) is 19.6. The predicted octanol–water partition coefficient (Wildman–Crippen LogP) is 4.78. The van der Waals surface area contributed by atoms with Crippen LogP contribution in [-0.4, -0.2) is 37.3 Å². The van der Waals surface area contributed by atoms with Gasteiger partial charge in [-0.15, -0.1) is 0 Å². The smallest absolute Gasteiger partial charge is 0.419 e. The third-order valence-electron chi connectivity index (χ3n) is 5.49. The van der Waals surface area contributed by atoms with Crippen LogP contribution in [0.2, 0.25) is 0 Å². The topological polar surface area (TPSA) is 67.2 Å². The molecule has 2 atom stereocenters. The van der Waals surface area contributed by atoms with Gasteiger partial charge in [0.1, 0.15) is 19.0 Å². The Morgan fingerprint density at radius 1 is 0.912 bits per heavy atom. The summed E-state index contributed by atoms with van der Waals surface area (Å²) in [6.45, 7) is 0.712. The van der Waals surface area contributed by atoms with E-state index in [4.69, 9.17) is 9.47 Å². The molecule has 11 heteroatoms. The second kappa shape index (κ2) is 10.6. The van der Waals surface area contributed by atoms with Gasteiger partial charge >= 0.3 is 18.2 Å². The third kappa shape index (κ3) is 6.40. The molecule has 0 saturated heterocycles. The van der Waals surface area contributed by atoms with Gasteiger partial charge in [-0.3, -0.25) is 0 Å². The van der Waals surface area contributed by atoms with Gasteiger partial charge in [0.05, 0.1) is 17.6 Å². The Bertz CT molecular complexity index is 1080. The Balaban J connectivity index is 1.22. The molecule has 2 aromatic rings. The highest BCUT2D eigenvalue weighted by Crippen LogP contribution is 2.32. The Morgan fingerprint density at radius 2 is 1.53 bits per heavy atom. The van der Waals surface area contributed by atoms with Crippen LogP contribution in [0.5, 0.6) is 0 Å². The number of benzene rings is 2. The third-order valence-corrected chi connectivity index (χ3v) is 5.98. The lowest BCUT2D eigenvalue weighted by Crippen LogP contribution is -2.41. The zero-order valence-electron chi connectivity index (χ0n) is 18.0. The monoisotopic (exact) mass is 542 g/mol. The molecule has 0 spiro atoms. The predicted molar refractivity (Wildman–Crippen MR) is 123 cm³/mol. The first-order chi connectivity index (χ1) is 16.3. The largest absolute Gasteiger partial charge is 0.462 e. The lowest BCUT2D eigenvalue weighted by molar-refractivity contribution is -0.140. The quantitative estimate of drug-likeness (QED) is 0.407. The summed E-state index contributed by atoms with van der Waals surface area (Å²) in [5, 5.41) is 0. The number of ether oxygens (including phenoxy) is 2. The number of hydrazine groups is 1. The van der Waals surface area contributed by atoms with Gasteiger partial charge in [0.25, 0.3) is 0 Å². The highest BCUT2D eigenvalue weighted by molar-refractivity contribution is 9.10. The van der Waals surface area contributed by atoms with Crippen molar-refractivity contribution in [3.05, 3.63) is 69.4 Å². The summed E-state index contributed by atoms with van der Waals surface area (Å²) in [5.74, 6) is -1.23. The molecule has 0 radical (unpaired) electrons. The van der Waals surface area contributed by atoms with Gasteiger partial charge < -0.3 is 9.47 Å². The molecule has 2 aliphatic heterocycles. The summed E-state index contributed by atoms with van der Waals surface area (Å²) in [6, 6.07) is 11.7. The van der Waals surface area contributed by atoms with Gasteiger partial charge in [0.2, 0.25) is 0 Å². The second-order valence-corrected chi connectivity index (χ2v) is 8.95. The SMILES string of the molecule is Fc1c(CCC2COC(NNC3=NC(CCc4cccc(Br)c4)CO3)=N2)cccc1C(F)(F)F. The molecule has 0 amide bonds. The maximum Gasteiger partial charge on any atom is 0.419 e. The molecule has 4 rings (SSSR count). The highest BCUT2D eigenvalue weighted by Gasteiger charge is 2.34. The molecule has 0 bridgehead atoms. The van der Waals surface area contributed by atoms with Crippen molar-refractivity contribution in [2.24, 2.45) is 9.98 Å². The van der Waals surface area contributed by atoms with E-state index in [-0.39, 0.29) is 36.7 Å². The van der Waals surface area contributed by atoms with Gasteiger partial charge in [0.15, 0.2) is 0 Å². The highest BCUT2D eigenvalue weighted by atomic mass is 79.9. The van der Waals surface area contributed by atoms with Crippen LogP contribution >= 0.6 is 15.9 Å². The van der Waals surface area contributed by atoms with E-state index in [9.17, 15) is 17.6 Å². The fraction of sp³-hybridized carbons (Fsp3) is 0.391. The van der Waals surface area contributed by atoms with Gasteiger partial charge in [0, 0.05) is 4.47 Å². The first-order valence-electron chi connectivity index (χ1n) is 10.8. The molecule has 0 aliphatic carbocycles. The Labute approximate surface area is 202 Å². The number of alkyl halides is 3. The lowest BCUT2D eigenvalue weighted by Gasteiger charge is -2.11. The van der Waals surface area contributed by atoms with Crippen LogP contribution in [0.3, 0.4) is 0 Å². The number of hydrogen-bond donors (Lipinski definition) is 2. The van der Waals surface area contributed by atoms with Gasteiger partial charge in [-0.2, -0.15) is 13.2 Å². The minimum absolute atomic E-state index is 0.00664. The maximum atomic E-state index is 14.2. The molecule has 0 aromatic heterocycles. The molecule has 2 N–H and O–H groups in total. The standard InChI is InChI=1S/C23H23BrF4N4O2/c24-16-5-1-3-14(11-16)7-9-17-12-33-21(29-17)31-32-22-30-18(13-34-22)10-8-15-4-2-6-19(20(15)25)23(26,27)28/h1-6,11,17-18H,7-10,12-13H2,(H,29,31)(H,30,32). The van der Waals surface area contributed by atoms with E-state index in [2.05, 4.69) is 48.9 Å². The van der Waals surface area contributed by atoms with Crippen LogP contribution in [0.15, 0.2) is 56.9 Å². The number of nitrogens with zero attached hydrogens (tertiary/aromatic N) is 2. The number of nitrogens with one attached hydrogen (secondary N) is 2. The average molecular weight is 543 g/mol. The van der Waals surface area contributed by atoms with Crippen LogP contribution in [0.4, 0.5) is 17.6 Å². The Kier molecular flexibility index (Phi) is 7.60. The minimum Gasteiger partial charge on any atom is -0.462 e. The van der Waals surface area contributed by atoms with Crippen LogP contribution in [0, 0.1) is 5.82 Å². The number of hydrogen-bond acceptors (Lipinski definition) is 6. The number of aryl methyl sites for hydroxylation is 2. The molecule has 34 heavy (non-hydrogen) atoms. The molecule has 0 saturated carbocycles. The zero-order chi connectivity index (χ0) is 24.1. The summed E-state index contributed by atoms with van der Waals surface area (Å²) in [5.41, 5.74) is 5.57. The Hall–Kier alpha value is -2.82. The summed E-state index contributed by atoms with van der Waals surface area (Å²) in [7, 11) is 0. The van der Waals surface area contributed by atoms with Crippen molar-refractivity contribution >= 4 is 28.0 Å².